The highest BCUT2D eigenvalue weighted by molar-refractivity contribution is 7.07. The summed E-state index contributed by atoms with van der Waals surface area (Å²) in [5.41, 5.74) is 1.18. The van der Waals surface area contributed by atoms with Crippen molar-refractivity contribution in [2.45, 2.75) is 25.4 Å². The molecule has 0 aromatic carbocycles. The van der Waals surface area contributed by atoms with Gasteiger partial charge in [-0.15, -0.1) is 0 Å². The molecule has 2 rings (SSSR count). The zero-order valence-electron chi connectivity index (χ0n) is 8.12. The Morgan fingerprint density at radius 1 is 1.79 bits per heavy atom. The zero-order valence-corrected chi connectivity index (χ0v) is 8.93. The molecule has 14 heavy (non-hydrogen) atoms. The summed E-state index contributed by atoms with van der Waals surface area (Å²) >= 11 is 1.66. The topological polar surface area (TPSA) is 41.1 Å². The van der Waals surface area contributed by atoms with Gasteiger partial charge < -0.3 is 10.6 Å². The highest BCUT2D eigenvalue weighted by Gasteiger charge is 2.25. The molecule has 1 saturated heterocycles. The van der Waals surface area contributed by atoms with E-state index in [9.17, 15) is 4.79 Å². The van der Waals surface area contributed by atoms with Gasteiger partial charge in [0, 0.05) is 0 Å². The van der Waals surface area contributed by atoms with Crippen molar-refractivity contribution in [3.05, 3.63) is 22.4 Å². The number of thiophene rings is 1. The van der Waals surface area contributed by atoms with Crippen LogP contribution in [0.4, 0.5) is 0 Å². The van der Waals surface area contributed by atoms with E-state index in [1.165, 1.54) is 5.56 Å². The van der Waals surface area contributed by atoms with Crippen LogP contribution in [0, 0.1) is 0 Å². The van der Waals surface area contributed by atoms with E-state index in [-0.39, 0.29) is 18.0 Å². The van der Waals surface area contributed by atoms with Crippen LogP contribution in [0.5, 0.6) is 0 Å². The maximum atomic E-state index is 11.6. The Hall–Kier alpha value is -0.870. The summed E-state index contributed by atoms with van der Waals surface area (Å²) in [4.78, 5) is 11.6. The SMILES string of the molecule is CC(NC(=O)C1CCN1)c1ccsc1. The van der Waals surface area contributed by atoms with Gasteiger partial charge in [0.15, 0.2) is 0 Å². The van der Waals surface area contributed by atoms with Crippen LogP contribution in [-0.4, -0.2) is 18.5 Å². The number of nitrogens with one attached hydrogen (secondary N) is 2. The predicted molar refractivity (Wildman–Crippen MR) is 57.3 cm³/mol. The van der Waals surface area contributed by atoms with E-state index < -0.39 is 0 Å². The lowest BCUT2D eigenvalue weighted by molar-refractivity contribution is -0.125. The minimum absolute atomic E-state index is 0.0380. The number of hydrogen-bond acceptors (Lipinski definition) is 3. The summed E-state index contributed by atoms with van der Waals surface area (Å²) in [6.45, 7) is 2.98. The molecule has 0 radical (unpaired) electrons. The molecule has 1 aromatic heterocycles. The lowest BCUT2D eigenvalue weighted by Crippen LogP contribution is -2.53. The quantitative estimate of drug-likeness (QED) is 0.789. The number of carbonyl (C=O) groups is 1. The molecule has 3 nitrogen and oxygen atoms in total. The lowest BCUT2D eigenvalue weighted by atomic mass is 10.1. The van der Waals surface area contributed by atoms with Crippen LogP contribution in [0.2, 0.25) is 0 Å². The first-order valence-electron chi connectivity index (χ1n) is 4.83. The van der Waals surface area contributed by atoms with Gasteiger partial charge in [-0.05, 0) is 42.3 Å². The molecule has 0 saturated carbocycles. The predicted octanol–water partition coefficient (Wildman–Crippen LogP) is 1.29. The van der Waals surface area contributed by atoms with E-state index >= 15 is 0 Å². The molecule has 1 fully saturated rings. The van der Waals surface area contributed by atoms with Crippen molar-refractivity contribution in [3.8, 4) is 0 Å². The molecule has 2 atom stereocenters. The van der Waals surface area contributed by atoms with E-state index in [0.29, 0.717) is 0 Å². The third kappa shape index (κ3) is 1.96. The van der Waals surface area contributed by atoms with Crippen LogP contribution in [0.3, 0.4) is 0 Å². The Labute approximate surface area is 87.5 Å². The molecule has 1 aromatic rings. The van der Waals surface area contributed by atoms with Gasteiger partial charge in [-0.25, -0.2) is 0 Å². The largest absolute Gasteiger partial charge is 0.348 e. The second kappa shape index (κ2) is 4.11. The van der Waals surface area contributed by atoms with Crippen molar-refractivity contribution >= 4 is 17.2 Å². The molecule has 2 N–H and O–H groups in total. The Balaban J connectivity index is 1.87. The normalized spacial score (nSPS) is 22.5. The van der Waals surface area contributed by atoms with Crippen molar-refractivity contribution in [3.63, 3.8) is 0 Å². The third-order valence-corrected chi connectivity index (χ3v) is 3.24. The smallest absolute Gasteiger partial charge is 0.237 e. The maximum Gasteiger partial charge on any atom is 0.237 e. The molecule has 1 aliphatic rings. The Kier molecular flexibility index (Phi) is 2.84. The van der Waals surface area contributed by atoms with Crippen LogP contribution < -0.4 is 10.6 Å². The summed E-state index contributed by atoms with van der Waals surface area (Å²) in [7, 11) is 0. The lowest BCUT2D eigenvalue weighted by Gasteiger charge is -2.27. The third-order valence-electron chi connectivity index (χ3n) is 2.54. The first-order valence-corrected chi connectivity index (χ1v) is 5.77. The first-order chi connectivity index (χ1) is 6.77. The zero-order chi connectivity index (χ0) is 9.97. The second-order valence-electron chi connectivity index (χ2n) is 3.58. The molecule has 4 heteroatoms. The van der Waals surface area contributed by atoms with E-state index in [1.54, 1.807) is 11.3 Å². The molecular weight excluding hydrogens is 196 g/mol. The minimum atomic E-state index is 0.0380. The second-order valence-corrected chi connectivity index (χ2v) is 4.36. The first kappa shape index (κ1) is 9.68. The molecule has 2 heterocycles. The van der Waals surface area contributed by atoms with Crippen LogP contribution in [0.1, 0.15) is 24.9 Å². The summed E-state index contributed by atoms with van der Waals surface area (Å²) in [6, 6.07) is 2.20. The fraction of sp³-hybridized carbons (Fsp3) is 0.500. The summed E-state index contributed by atoms with van der Waals surface area (Å²) in [6.07, 6.45) is 0.961. The van der Waals surface area contributed by atoms with Crippen molar-refractivity contribution in [1.29, 1.82) is 0 Å². The molecule has 76 valence electrons. The standard InChI is InChI=1S/C10H14N2OS/c1-7(8-3-5-14-6-8)12-10(13)9-2-4-11-9/h3,5-7,9,11H,2,4H2,1H3,(H,12,13). The molecule has 0 spiro atoms. The minimum Gasteiger partial charge on any atom is -0.348 e. The van der Waals surface area contributed by atoms with Gasteiger partial charge in [0.2, 0.25) is 5.91 Å². The van der Waals surface area contributed by atoms with Gasteiger partial charge in [0.1, 0.15) is 0 Å². The molecule has 0 aliphatic carbocycles. The fourth-order valence-electron chi connectivity index (χ4n) is 1.43. The number of rotatable bonds is 3. The van der Waals surface area contributed by atoms with Crippen molar-refractivity contribution in [2.24, 2.45) is 0 Å². The van der Waals surface area contributed by atoms with Crippen LogP contribution in [0.15, 0.2) is 16.8 Å². The van der Waals surface area contributed by atoms with Gasteiger partial charge >= 0.3 is 0 Å². The monoisotopic (exact) mass is 210 g/mol. The van der Waals surface area contributed by atoms with E-state index in [2.05, 4.69) is 16.0 Å². The van der Waals surface area contributed by atoms with E-state index in [0.717, 1.165) is 13.0 Å². The summed E-state index contributed by atoms with van der Waals surface area (Å²) in [5.74, 6) is 0.120. The average Bonchev–Trinajstić information content (AvgIpc) is 2.51. The Bertz CT molecular complexity index is 306. The number of hydrogen-bond donors (Lipinski definition) is 2. The van der Waals surface area contributed by atoms with Crippen LogP contribution in [-0.2, 0) is 4.79 Å². The van der Waals surface area contributed by atoms with Gasteiger partial charge in [0.25, 0.3) is 0 Å². The number of carbonyl (C=O) groups excluding carboxylic acids is 1. The highest BCUT2D eigenvalue weighted by atomic mass is 32.1. The van der Waals surface area contributed by atoms with Crippen molar-refractivity contribution in [2.75, 3.05) is 6.54 Å². The van der Waals surface area contributed by atoms with E-state index in [1.807, 2.05) is 18.4 Å². The van der Waals surface area contributed by atoms with Gasteiger partial charge in [-0.3, -0.25) is 4.79 Å². The van der Waals surface area contributed by atoms with Gasteiger partial charge in [-0.2, -0.15) is 11.3 Å². The molecular formula is C10H14N2OS. The molecule has 1 aliphatic heterocycles. The van der Waals surface area contributed by atoms with Gasteiger partial charge in [-0.1, -0.05) is 0 Å². The van der Waals surface area contributed by atoms with Crippen LogP contribution >= 0.6 is 11.3 Å². The maximum absolute atomic E-state index is 11.6. The molecule has 1 amide bonds. The van der Waals surface area contributed by atoms with Gasteiger partial charge in [0.05, 0.1) is 12.1 Å². The number of amides is 1. The van der Waals surface area contributed by atoms with Crippen molar-refractivity contribution in [1.82, 2.24) is 10.6 Å². The molecule has 0 bridgehead atoms. The summed E-state index contributed by atoms with van der Waals surface area (Å²) in [5, 5.41) is 10.2. The average molecular weight is 210 g/mol. The van der Waals surface area contributed by atoms with Crippen molar-refractivity contribution < 1.29 is 4.79 Å². The Morgan fingerprint density at radius 2 is 2.57 bits per heavy atom. The molecule has 2 unspecified atom stereocenters. The van der Waals surface area contributed by atoms with E-state index in [4.69, 9.17) is 0 Å². The fourth-order valence-corrected chi connectivity index (χ4v) is 2.19. The van der Waals surface area contributed by atoms with Crippen LogP contribution in [0.25, 0.3) is 0 Å². The highest BCUT2D eigenvalue weighted by Crippen LogP contribution is 2.16. The Morgan fingerprint density at radius 3 is 3.07 bits per heavy atom. The summed E-state index contributed by atoms with van der Waals surface area (Å²) < 4.78 is 0.